The van der Waals surface area contributed by atoms with Crippen LogP contribution in [0.2, 0.25) is 0 Å². The Balaban J connectivity index is 0.00000300. The molecule has 1 aromatic carbocycles. The number of aromatic nitrogens is 1. The molecule has 6 nitrogen and oxygen atoms in total. The molecule has 2 N–H and O–H groups in total. The molecule has 0 amide bonds. The zero-order chi connectivity index (χ0) is 19.8. The van der Waals surface area contributed by atoms with Crippen LogP contribution >= 0.6 is 24.0 Å². The van der Waals surface area contributed by atoms with Crippen LogP contribution in [0, 0.1) is 12.8 Å². The van der Waals surface area contributed by atoms with Crippen LogP contribution in [0.3, 0.4) is 0 Å². The third kappa shape index (κ3) is 6.58. The molecule has 1 unspecified atom stereocenters. The number of ether oxygens (including phenoxy) is 2. The van der Waals surface area contributed by atoms with Gasteiger partial charge in [0.25, 0.3) is 0 Å². The Morgan fingerprint density at radius 2 is 2.21 bits per heavy atom. The highest BCUT2D eigenvalue weighted by Gasteiger charge is 2.24. The molecule has 3 rings (SSSR count). The third-order valence-corrected chi connectivity index (χ3v) is 5.34. The molecular weight excluding hydrogens is 479 g/mol. The van der Waals surface area contributed by atoms with Gasteiger partial charge in [-0.3, -0.25) is 4.99 Å². The summed E-state index contributed by atoms with van der Waals surface area (Å²) < 4.78 is 10.8. The van der Waals surface area contributed by atoms with E-state index in [-0.39, 0.29) is 24.0 Å². The van der Waals surface area contributed by atoms with Crippen molar-refractivity contribution in [2.24, 2.45) is 10.9 Å². The number of guanidine groups is 1. The number of hydrogen-bond acceptors (Lipinski definition) is 3. The zero-order valence-corrected chi connectivity index (χ0v) is 20.2. The van der Waals surface area contributed by atoms with Gasteiger partial charge >= 0.3 is 0 Å². The van der Waals surface area contributed by atoms with Gasteiger partial charge in [0.05, 0.1) is 19.8 Å². The molecule has 2 heterocycles. The van der Waals surface area contributed by atoms with Crippen molar-refractivity contribution < 1.29 is 9.47 Å². The molecule has 0 spiro atoms. The number of H-pyrrole nitrogens is 1. The van der Waals surface area contributed by atoms with Crippen molar-refractivity contribution >= 4 is 40.8 Å². The number of methoxy groups -OCH3 is 1. The van der Waals surface area contributed by atoms with Crippen LogP contribution in [0.4, 0.5) is 0 Å². The van der Waals surface area contributed by atoms with Crippen molar-refractivity contribution in [3.05, 3.63) is 35.5 Å². The van der Waals surface area contributed by atoms with Gasteiger partial charge in [0.2, 0.25) is 0 Å². The lowest BCUT2D eigenvalue weighted by atomic mass is 10.1. The molecule has 1 aromatic heterocycles. The fourth-order valence-corrected chi connectivity index (χ4v) is 3.91. The van der Waals surface area contributed by atoms with E-state index < -0.39 is 0 Å². The van der Waals surface area contributed by atoms with Crippen molar-refractivity contribution in [1.82, 2.24) is 15.2 Å². The van der Waals surface area contributed by atoms with Crippen LogP contribution in [0.5, 0.6) is 0 Å². The van der Waals surface area contributed by atoms with E-state index in [9.17, 15) is 0 Å². The van der Waals surface area contributed by atoms with E-state index in [0.717, 1.165) is 51.6 Å². The zero-order valence-electron chi connectivity index (χ0n) is 17.9. The number of nitrogens with one attached hydrogen (secondary N) is 2. The second-order valence-corrected chi connectivity index (χ2v) is 7.47. The van der Waals surface area contributed by atoms with Gasteiger partial charge in [-0.25, -0.2) is 0 Å². The summed E-state index contributed by atoms with van der Waals surface area (Å²) >= 11 is 0. The first-order chi connectivity index (χ1) is 13.7. The van der Waals surface area contributed by atoms with Gasteiger partial charge in [0.1, 0.15) is 0 Å². The van der Waals surface area contributed by atoms with Gasteiger partial charge in [0, 0.05) is 56.3 Å². The van der Waals surface area contributed by atoms with Crippen LogP contribution in [0.1, 0.15) is 24.5 Å². The molecule has 2 aromatic rings. The fraction of sp³-hybridized carbons (Fsp3) is 0.591. The number of rotatable bonds is 9. The number of hydrogen-bond donors (Lipinski definition) is 2. The largest absolute Gasteiger partial charge is 0.382 e. The first kappa shape index (κ1) is 24.0. The monoisotopic (exact) mass is 514 g/mol. The van der Waals surface area contributed by atoms with Gasteiger partial charge in [-0.05, 0) is 43.9 Å². The van der Waals surface area contributed by atoms with Crippen molar-refractivity contribution in [2.75, 3.05) is 53.1 Å². The lowest BCUT2D eigenvalue weighted by Gasteiger charge is -2.21. The minimum atomic E-state index is 0. The molecule has 1 aliphatic heterocycles. The summed E-state index contributed by atoms with van der Waals surface area (Å²) in [6.07, 6.45) is 4.22. The van der Waals surface area contributed by atoms with Crippen molar-refractivity contribution in [3.8, 4) is 0 Å². The highest BCUT2D eigenvalue weighted by atomic mass is 127. The quantitative estimate of drug-likeness (QED) is 0.233. The normalized spacial score (nSPS) is 17.0. The average Bonchev–Trinajstić information content (AvgIpc) is 3.33. The molecule has 0 radical (unpaired) electrons. The number of halogens is 1. The molecule has 1 aliphatic rings. The highest BCUT2D eigenvalue weighted by Crippen LogP contribution is 2.22. The number of likely N-dealkylation sites (tertiary alicyclic amines) is 1. The molecule has 7 heteroatoms. The van der Waals surface area contributed by atoms with Crippen molar-refractivity contribution in [2.45, 2.75) is 26.7 Å². The maximum absolute atomic E-state index is 5.71. The topological polar surface area (TPSA) is 61.9 Å². The summed E-state index contributed by atoms with van der Waals surface area (Å²) in [4.78, 5) is 10.7. The van der Waals surface area contributed by atoms with E-state index in [2.05, 4.69) is 53.4 Å². The maximum atomic E-state index is 5.71. The van der Waals surface area contributed by atoms with Gasteiger partial charge < -0.3 is 24.7 Å². The summed E-state index contributed by atoms with van der Waals surface area (Å²) in [6.45, 7) is 10.1. The summed E-state index contributed by atoms with van der Waals surface area (Å²) in [6, 6.07) is 6.41. The number of benzene rings is 1. The van der Waals surface area contributed by atoms with Crippen LogP contribution in [-0.4, -0.2) is 69.0 Å². The summed E-state index contributed by atoms with van der Waals surface area (Å²) in [5, 5.41) is 4.80. The van der Waals surface area contributed by atoms with E-state index in [1.807, 2.05) is 0 Å². The Morgan fingerprint density at radius 3 is 3.00 bits per heavy atom. The van der Waals surface area contributed by atoms with Crippen LogP contribution in [0.15, 0.2) is 29.4 Å². The highest BCUT2D eigenvalue weighted by molar-refractivity contribution is 14.0. The molecule has 1 atom stereocenters. The molecule has 1 saturated heterocycles. The first-order valence-corrected chi connectivity index (χ1v) is 10.4. The first-order valence-electron chi connectivity index (χ1n) is 10.4. The van der Waals surface area contributed by atoms with Gasteiger partial charge in [-0.1, -0.05) is 12.1 Å². The number of nitrogens with zero attached hydrogens (tertiary/aromatic N) is 2. The van der Waals surface area contributed by atoms with Gasteiger partial charge in [-0.15, -0.1) is 24.0 Å². The van der Waals surface area contributed by atoms with Crippen LogP contribution in [0.25, 0.3) is 10.9 Å². The molecule has 1 fully saturated rings. The Morgan fingerprint density at radius 1 is 1.34 bits per heavy atom. The predicted molar refractivity (Wildman–Crippen MR) is 131 cm³/mol. The molecule has 0 bridgehead atoms. The minimum Gasteiger partial charge on any atom is -0.382 e. The van der Waals surface area contributed by atoms with E-state index >= 15 is 0 Å². The second kappa shape index (κ2) is 12.4. The van der Waals surface area contributed by atoms with E-state index in [4.69, 9.17) is 14.5 Å². The van der Waals surface area contributed by atoms with Gasteiger partial charge in [-0.2, -0.15) is 0 Å². The summed E-state index contributed by atoms with van der Waals surface area (Å²) in [5.74, 6) is 1.59. The van der Waals surface area contributed by atoms with Crippen LogP contribution < -0.4 is 5.32 Å². The molecule has 0 saturated carbocycles. The predicted octanol–water partition coefficient (Wildman–Crippen LogP) is 3.59. The number of aryl methyl sites for hydroxylation is 1. The van der Waals surface area contributed by atoms with Crippen molar-refractivity contribution in [1.29, 1.82) is 0 Å². The smallest absolute Gasteiger partial charge is 0.193 e. The standard InChI is InChI=1S/C22H34N4O2.HI/c1-4-23-22(26-11-9-18(15-26)16-28-13-12-27-3)24-10-8-19-14-25-20-7-5-6-17(2)21(19)20;/h5-7,14,18,25H,4,8-13,15-16H2,1-3H3,(H,23,24);1H. The lowest BCUT2D eigenvalue weighted by Crippen LogP contribution is -2.40. The van der Waals surface area contributed by atoms with Crippen molar-refractivity contribution in [3.63, 3.8) is 0 Å². The minimum absolute atomic E-state index is 0. The maximum Gasteiger partial charge on any atom is 0.193 e. The Hall–Kier alpha value is -1.32. The Bertz CT molecular complexity index is 777. The lowest BCUT2D eigenvalue weighted by molar-refractivity contribution is 0.0536. The Kier molecular flexibility index (Phi) is 10.2. The number of aromatic amines is 1. The van der Waals surface area contributed by atoms with Crippen LogP contribution in [-0.2, 0) is 15.9 Å². The number of aliphatic imine (C=N–C) groups is 1. The number of fused-ring (bicyclic) bond motifs is 1. The summed E-state index contributed by atoms with van der Waals surface area (Å²) in [7, 11) is 1.71. The Labute approximate surface area is 191 Å². The second-order valence-electron chi connectivity index (χ2n) is 7.47. The molecule has 0 aliphatic carbocycles. The third-order valence-electron chi connectivity index (χ3n) is 5.34. The fourth-order valence-electron chi connectivity index (χ4n) is 3.91. The average molecular weight is 514 g/mol. The molecular formula is C22H35IN4O2. The molecule has 29 heavy (non-hydrogen) atoms. The summed E-state index contributed by atoms with van der Waals surface area (Å²) in [5.41, 5.74) is 3.88. The molecule has 162 valence electrons. The van der Waals surface area contributed by atoms with E-state index in [1.165, 1.54) is 22.0 Å². The van der Waals surface area contributed by atoms with E-state index in [1.54, 1.807) is 7.11 Å². The van der Waals surface area contributed by atoms with Gasteiger partial charge in [0.15, 0.2) is 5.96 Å². The van der Waals surface area contributed by atoms with E-state index in [0.29, 0.717) is 19.1 Å². The SMILES string of the molecule is CCNC(=NCCc1c[nH]c2cccc(C)c12)N1CCC(COCCOC)C1.I.